The lowest BCUT2D eigenvalue weighted by Gasteiger charge is -2.18. The average molecular weight is 504 g/mol. The van der Waals surface area contributed by atoms with Crippen molar-refractivity contribution < 1.29 is 19.1 Å². The Morgan fingerprint density at radius 2 is 2.14 bits per heavy atom. The van der Waals surface area contributed by atoms with Gasteiger partial charge in [0.15, 0.2) is 0 Å². The topological polar surface area (TPSA) is 118 Å². The second kappa shape index (κ2) is 12.1. The number of ether oxygens (including phenoxy) is 2. The number of aliphatic imine (C=N–C) groups is 1. The zero-order valence-corrected chi connectivity index (χ0v) is 21.4. The molecule has 0 unspecified atom stereocenters. The number of esters is 1. The molecular formula is C25H34ClN5O4. The van der Waals surface area contributed by atoms with Crippen LogP contribution in [0.25, 0.3) is 0 Å². The van der Waals surface area contributed by atoms with Gasteiger partial charge in [-0.2, -0.15) is 0 Å². The van der Waals surface area contributed by atoms with Crippen LogP contribution in [0.15, 0.2) is 46.2 Å². The molecule has 2 aliphatic heterocycles. The van der Waals surface area contributed by atoms with E-state index in [-0.39, 0.29) is 17.8 Å². The molecular weight excluding hydrogens is 470 g/mol. The second-order valence-corrected chi connectivity index (χ2v) is 9.33. The van der Waals surface area contributed by atoms with Crippen molar-refractivity contribution >= 4 is 35.0 Å². The van der Waals surface area contributed by atoms with Crippen LogP contribution in [-0.4, -0.2) is 69.1 Å². The number of halogens is 1. The zero-order valence-electron chi connectivity index (χ0n) is 20.7. The summed E-state index contributed by atoms with van der Waals surface area (Å²) in [5.74, 6) is 0.731. The van der Waals surface area contributed by atoms with Gasteiger partial charge in [-0.3, -0.25) is 4.79 Å². The number of amidine groups is 1. The fourth-order valence-electron chi connectivity index (χ4n) is 3.95. The van der Waals surface area contributed by atoms with Gasteiger partial charge in [0.2, 0.25) is 0 Å². The van der Waals surface area contributed by atoms with E-state index in [9.17, 15) is 9.59 Å². The minimum atomic E-state index is -0.417. The molecule has 0 radical (unpaired) electrons. The van der Waals surface area contributed by atoms with Crippen molar-refractivity contribution in [2.45, 2.75) is 32.8 Å². The predicted octanol–water partition coefficient (Wildman–Crippen LogP) is 2.74. The fourth-order valence-corrected chi connectivity index (χ4v) is 4.20. The summed E-state index contributed by atoms with van der Waals surface area (Å²) < 4.78 is 10.7. The number of likely N-dealkylation sites (tertiary alicyclic amines) is 1. The van der Waals surface area contributed by atoms with Crippen molar-refractivity contribution in [3.05, 3.63) is 51.8 Å². The summed E-state index contributed by atoms with van der Waals surface area (Å²) in [6.45, 7) is 6.61. The van der Waals surface area contributed by atoms with Crippen molar-refractivity contribution in [1.82, 2.24) is 15.5 Å². The highest BCUT2D eigenvalue weighted by molar-refractivity contribution is 6.34. The average Bonchev–Trinajstić information content (AvgIpc) is 3.20. The monoisotopic (exact) mass is 503 g/mol. The van der Waals surface area contributed by atoms with Crippen molar-refractivity contribution in [1.29, 1.82) is 0 Å². The number of methoxy groups -OCH3 is 1. The number of nitrogens with two attached hydrogens (primary N) is 1. The molecule has 1 fully saturated rings. The lowest BCUT2D eigenvalue weighted by atomic mass is 10.1. The molecule has 1 atom stereocenters. The minimum absolute atomic E-state index is 0.0505. The van der Waals surface area contributed by atoms with Gasteiger partial charge in [-0.1, -0.05) is 25.4 Å². The highest BCUT2D eigenvalue weighted by atomic mass is 35.5. The Kier molecular flexibility index (Phi) is 9.17. The first-order valence-corrected chi connectivity index (χ1v) is 12.1. The molecule has 35 heavy (non-hydrogen) atoms. The summed E-state index contributed by atoms with van der Waals surface area (Å²) in [7, 11) is 3.09. The molecule has 0 aromatic heterocycles. The van der Waals surface area contributed by atoms with Crippen molar-refractivity contribution in [3.8, 4) is 0 Å². The standard InChI is InChI=1S/C25H34ClN5O4/c1-15(2)14-35-18-8-10-31(13-18)24(32)19-6-5-17(12-21(19)26)30-22(27)20-11-16(25(33)34-4)7-9-29-23(20)28-3/h5-6,11-12,15,18,28-29H,7-10,13-14H2,1-4H3,(H2,27,30)/t18-/m0/s1. The third-order valence-electron chi connectivity index (χ3n) is 5.79. The van der Waals surface area contributed by atoms with E-state index in [2.05, 4.69) is 29.5 Å². The third-order valence-corrected chi connectivity index (χ3v) is 6.10. The van der Waals surface area contributed by atoms with Gasteiger partial charge in [0.05, 0.1) is 35.1 Å². The van der Waals surface area contributed by atoms with Crippen LogP contribution < -0.4 is 16.4 Å². The van der Waals surface area contributed by atoms with Crippen LogP contribution in [0.5, 0.6) is 0 Å². The van der Waals surface area contributed by atoms with Crippen LogP contribution in [0.4, 0.5) is 5.69 Å². The highest BCUT2D eigenvalue weighted by Gasteiger charge is 2.28. The molecule has 0 saturated carbocycles. The first kappa shape index (κ1) is 26.6. The maximum atomic E-state index is 13.0. The Bertz CT molecular complexity index is 1050. The first-order valence-electron chi connectivity index (χ1n) is 11.7. The SMILES string of the molecule is CNC1=C(C(N)=Nc2ccc(C(=O)N3CC[C@H](OCC(C)C)C3)c(Cl)c2)C=C(C(=O)OC)CCN1. The second-order valence-electron chi connectivity index (χ2n) is 8.93. The number of benzene rings is 1. The molecule has 2 aliphatic rings. The van der Waals surface area contributed by atoms with Crippen LogP contribution in [0.2, 0.25) is 5.02 Å². The van der Waals surface area contributed by atoms with E-state index in [4.69, 9.17) is 26.8 Å². The third kappa shape index (κ3) is 6.76. The van der Waals surface area contributed by atoms with Gasteiger partial charge < -0.3 is 30.7 Å². The van der Waals surface area contributed by atoms with E-state index in [1.807, 2.05) is 0 Å². The lowest BCUT2D eigenvalue weighted by Crippen LogP contribution is -2.30. The molecule has 1 aromatic carbocycles. The maximum Gasteiger partial charge on any atom is 0.333 e. The van der Waals surface area contributed by atoms with Crippen LogP contribution in [-0.2, 0) is 14.3 Å². The number of hydrogen-bond donors (Lipinski definition) is 3. The van der Waals surface area contributed by atoms with E-state index in [0.717, 1.165) is 6.42 Å². The van der Waals surface area contributed by atoms with Gasteiger partial charge in [0.25, 0.3) is 5.91 Å². The quantitative estimate of drug-likeness (QED) is 0.283. The Labute approximate surface area is 211 Å². The largest absolute Gasteiger partial charge is 0.466 e. The normalized spacial score (nSPS) is 18.8. The summed E-state index contributed by atoms with van der Waals surface area (Å²) in [5, 5.41) is 6.55. The summed E-state index contributed by atoms with van der Waals surface area (Å²) in [6.07, 6.45) is 3.01. The number of carbonyl (C=O) groups is 2. The summed E-state index contributed by atoms with van der Waals surface area (Å²) >= 11 is 6.48. The summed E-state index contributed by atoms with van der Waals surface area (Å²) in [5.41, 5.74) is 8.23. The van der Waals surface area contributed by atoms with Crippen LogP contribution in [0, 0.1) is 5.92 Å². The van der Waals surface area contributed by atoms with Gasteiger partial charge in [-0.15, -0.1) is 0 Å². The molecule has 1 aromatic rings. The van der Waals surface area contributed by atoms with E-state index >= 15 is 0 Å². The van der Waals surface area contributed by atoms with Crippen LogP contribution in [0.1, 0.15) is 37.0 Å². The molecule has 9 nitrogen and oxygen atoms in total. The molecule has 10 heteroatoms. The van der Waals surface area contributed by atoms with Gasteiger partial charge in [-0.05, 0) is 43.0 Å². The number of hydrogen-bond acceptors (Lipinski definition) is 7. The van der Waals surface area contributed by atoms with E-state index in [1.54, 1.807) is 36.2 Å². The molecule has 0 aliphatic carbocycles. The van der Waals surface area contributed by atoms with Crippen molar-refractivity contribution in [3.63, 3.8) is 0 Å². The predicted molar refractivity (Wildman–Crippen MR) is 137 cm³/mol. The van der Waals surface area contributed by atoms with E-state index in [1.165, 1.54) is 7.11 Å². The number of nitrogens with one attached hydrogen (secondary N) is 2. The number of nitrogens with zero attached hydrogens (tertiary/aromatic N) is 2. The van der Waals surface area contributed by atoms with Crippen LogP contribution in [0.3, 0.4) is 0 Å². The van der Waals surface area contributed by atoms with Gasteiger partial charge in [0.1, 0.15) is 11.7 Å². The molecule has 1 saturated heterocycles. The highest BCUT2D eigenvalue weighted by Crippen LogP contribution is 2.27. The summed E-state index contributed by atoms with van der Waals surface area (Å²) in [4.78, 5) is 31.4. The van der Waals surface area contributed by atoms with Gasteiger partial charge in [-0.25, -0.2) is 9.79 Å². The van der Waals surface area contributed by atoms with E-state index < -0.39 is 5.97 Å². The molecule has 2 heterocycles. The molecule has 4 N–H and O–H groups in total. The smallest absolute Gasteiger partial charge is 0.333 e. The molecule has 1 amide bonds. The van der Waals surface area contributed by atoms with Gasteiger partial charge in [0, 0.05) is 38.9 Å². The Morgan fingerprint density at radius 3 is 2.80 bits per heavy atom. The maximum absolute atomic E-state index is 13.0. The molecule has 3 rings (SSSR count). The van der Waals surface area contributed by atoms with Crippen molar-refractivity contribution in [2.75, 3.05) is 40.4 Å². The molecule has 0 bridgehead atoms. The fraction of sp³-hybridized carbons (Fsp3) is 0.480. The van der Waals surface area contributed by atoms with Crippen molar-refractivity contribution in [2.24, 2.45) is 16.6 Å². The number of rotatable bonds is 8. The number of carbonyl (C=O) groups excluding carboxylic acids is 2. The Hall–Kier alpha value is -3.04. The zero-order chi connectivity index (χ0) is 25.5. The van der Waals surface area contributed by atoms with Crippen LogP contribution >= 0.6 is 11.6 Å². The Morgan fingerprint density at radius 1 is 1.37 bits per heavy atom. The molecule has 0 spiro atoms. The minimum Gasteiger partial charge on any atom is -0.466 e. The summed E-state index contributed by atoms with van der Waals surface area (Å²) in [6, 6.07) is 4.97. The Balaban J connectivity index is 1.78. The molecule has 190 valence electrons. The van der Waals surface area contributed by atoms with E-state index in [0.29, 0.717) is 71.8 Å². The number of amides is 1. The van der Waals surface area contributed by atoms with Gasteiger partial charge >= 0.3 is 5.97 Å². The first-order chi connectivity index (χ1) is 16.7. The lowest BCUT2D eigenvalue weighted by molar-refractivity contribution is -0.136.